The molecule has 0 saturated heterocycles. The van der Waals surface area contributed by atoms with Crippen molar-refractivity contribution < 1.29 is 14.0 Å². The second-order valence-electron chi connectivity index (χ2n) is 4.28. The number of aryl methyl sites for hydroxylation is 1. The van der Waals surface area contributed by atoms with Crippen LogP contribution in [0.1, 0.15) is 22.3 Å². The average molecular weight is 268 g/mol. The standard InChI is InChI=1S/C8H7FO.C6H14N2O/c1-6-2-3-7(5-10)8(9)4-6;1-7-5-4-6(9)8(2)3/h2-5H,1H3;7H,4-5H2,1-3H3. The van der Waals surface area contributed by atoms with Gasteiger partial charge in [-0.15, -0.1) is 0 Å². The monoisotopic (exact) mass is 268 g/mol. The third-order valence-electron chi connectivity index (χ3n) is 2.37. The first-order valence-electron chi connectivity index (χ1n) is 5.98. The lowest BCUT2D eigenvalue weighted by Crippen LogP contribution is -2.25. The molecule has 0 aromatic heterocycles. The fourth-order valence-corrected chi connectivity index (χ4v) is 1.18. The minimum absolute atomic E-state index is 0.116. The van der Waals surface area contributed by atoms with Crippen molar-refractivity contribution in [3.63, 3.8) is 0 Å². The first kappa shape index (κ1) is 17.2. The van der Waals surface area contributed by atoms with Gasteiger partial charge in [0.2, 0.25) is 5.91 Å². The van der Waals surface area contributed by atoms with Gasteiger partial charge in [-0.25, -0.2) is 4.39 Å². The number of nitrogens with one attached hydrogen (secondary N) is 1. The zero-order chi connectivity index (χ0) is 14.8. The molecule has 4 nitrogen and oxygen atoms in total. The summed E-state index contributed by atoms with van der Waals surface area (Å²) in [6.07, 6.45) is 1.10. The Morgan fingerprint density at radius 1 is 1.42 bits per heavy atom. The summed E-state index contributed by atoms with van der Waals surface area (Å²) >= 11 is 0. The van der Waals surface area contributed by atoms with Gasteiger partial charge in [-0.05, 0) is 31.7 Å². The Kier molecular flexibility index (Phi) is 8.37. The number of amides is 1. The maximum absolute atomic E-state index is 12.6. The Balaban J connectivity index is 0.000000344. The van der Waals surface area contributed by atoms with E-state index in [0.717, 1.165) is 12.1 Å². The molecule has 0 heterocycles. The zero-order valence-electron chi connectivity index (χ0n) is 11.9. The number of hydrogen-bond donors (Lipinski definition) is 1. The second kappa shape index (κ2) is 9.22. The van der Waals surface area contributed by atoms with Crippen molar-refractivity contribution in [2.24, 2.45) is 0 Å². The summed E-state index contributed by atoms with van der Waals surface area (Å²) in [6.45, 7) is 2.54. The van der Waals surface area contributed by atoms with Gasteiger partial charge in [-0.2, -0.15) is 0 Å². The zero-order valence-corrected chi connectivity index (χ0v) is 11.9. The van der Waals surface area contributed by atoms with E-state index in [1.165, 1.54) is 12.1 Å². The van der Waals surface area contributed by atoms with Gasteiger partial charge in [0, 0.05) is 27.1 Å². The van der Waals surface area contributed by atoms with Crippen LogP contribution < -0.4 is 5.32 Å². The van der Waals surface area contributed by atoms with Gasteiger partial charge in [0.25, 0.3) is 0 Å². The highest BCUT2D eigenvalue weighted by Crippen LogP contribution is 2.06. The third kappa shape index (κ3) is 7.31. The molecule has 1 amide bonds. The van der Waals surface area contributed by atoms with Gasteiger partial charge in [0.15, 0.2) is 6.29 Å². The maximum atomic E-state index is 12.6. The number of hydrogen-bond acceptors (Lipinski definition) is 3. The molecular formula is C14H21FN2O2. The van der Waals surface area contributed by atoms with E-state index in [-0.39, 0.29) is 11.5 Å². The number of aldehydes is 1. The smallest absolute Gasteiger partial charge is 0.223 e. The highest BCUT2D eigenvalue weighted by Gasteiger charge is 2.00. The van der Waals surface area contributed by atoms with Crippen molar-refractivity contribution in [2.75, 3.05) is 27.7 Å². The number of carbonyl (C=O) groups excluding carboxylic acids is 2. The molecule has 0 spiro atoms. The van der Waals surface area contributed by atoms with E-state index in [9.17, 15) is 14.0 Å². The first-order chi connectivity index (χ1) is 8.92. The quantitative estimate of drug-likeness (QED) is 0.844. The first-order valence-corrected chi connectivity index (χ1v) is 5.98. The van der Waals surface area contributed by atoms with Crippen LogP contribution in [0.3, 0.4) is 0 Å². The van der Waals surface area contributed by atoms with Crippen LogP contribution >= 0.6 is 0 Å². The molecule has 0 atom stereocenters. The maximum Gasteiger partial charge on any atom is 0.223 e. The topological polar surface area (TPSA) is 49.4 Å². The van der Waals surface area contributed by atoms with Crippen molar-refractivity contribution >= 4 is 12.2 Å². The Hall–Kier alpha value is -1.75. The lowest BCUT2D eigenvalue weighted by Gasteiger charge is -2.08. The van der Waals surface area contributed by atoms with Crippen LogP contribution in [0.4, 0.5) is 4.39 Å². The normalized spacial score (nSPS) is 9.32. The van der Waals surface area contributed by atoms with Crippen LogP contribution in [0.2, 0.25) is 0 Å². The minimum Gasteiger partial charge on any atom is -0.349 e. The molecule has 19 heavy (non-hydrogen) atoms. The lowest BCUT2D eigenvalue weighted by molar-refractivity contribution is -0.128. The summed E-state index contributed by atoms with van der Waals surface area (Å²) in [5.41, 5.74) is 0.939. The molecule has 0 unspecified atom stereocenters. The van der Waals surface area contributed by atoms with E-state index in [1.807, 2.05) is 7.05 Å². The number of nitrogens with zero attached hydrogens (tertiary/aromatic N) is 1. The van der Waals surface area contributed by atoms with Crippen molar-refractivity contribution in [3.05, 3.63) is 35.1 Å². The minimum atomic E-state index is -0.449. The van der Waals surface area contributed by atoms with E-state index in [4.69, 9.17) is 0 Å². The van der Waals surface area contributed by atoms with Crippen LogP contribution in [-0.2, 0) is 4.79 Å². The van der Waals surface area contributed by atoms with Gasteiger partial charge in [-0.3, -0.25) is 9.59 Å². The van der Waals surface area contributed by atoms with Crippen molar-refractivity contribution in [2.45, 2.75) is 13.3 Å². The van der Waals surface area contributed by atoms with Crippen molar-refractivity contribution in [1.82, 2.24) is 10.2 Å². The van der Waals surface area contributed by atoms with Crippen LogP contribution in [0.25, 0.3) is 0 Å². The number of halogens is 1. The van der Waals surface area contributed by atoms with Gasteiger partial charge in [0.1, 0.15) is 5.82 Å². The fourth-order valence-electron chi connectivity index (χ4n) is 1.18. The number of carbonyl (C=O) groups is 2. The largest absolute Gasteiger partial charge is 0.349 e. The number of benzene rings is 1. The molecule has 0 aliphatic carbocycles. The summed E-state index contributed by atoms with van der Waals surface area (Å²) in [5.74, 6) is -0.278. The van der Waals surface area contributed by atoms with Gasteiger partial charge < -0.3 is 10.2 Å². The number of rotatable bonds is 4. The third-order valence-corrected chi connectivity index (χ3v) is 2.37. The van der Waals surface area contributed by atoms with E-state index < -0.39 is 5.82 Å². The van der Waals surface area contributed by atoms with Gasteiger partial charge in [0.05, 0.1) is 5.56 Å². The predicted octanol–water partition coefficient (Wildman–Crippen LogP) is 1.63. The molecule has 1 rings (SSSR count). The van der Waals surface area contributed by atoms with Gasteiger partial charge in [-0.1, -0.05) is 6.07 Å². The van der Waals surface area contributed by atoms with Crippen LogP contribution in [0.15, 0.2) is 18.2 Å². The molecular weight excluding hydrogens is 247 g/mol. The molecule has 0 fully saturated rings. The Bertz CT molecular complexity index is 420. The molecule has 1 aromatic rings. The fraction of sp³-hybridized carbons (Fsp3) is 0.429. The molecule has 0 aliphatic rings. The van der Waals surface area contributed by atoms with Crippen LogP contribution in [0, 0.1) is 12.7 Å². The van der Waals surface area contributed by atoms with Crippen LogP contribution in [0.5, 0.6) is 0 Å². The molecule has 0 saturated carbocycles. The average Bonchev–Trinajstić information content (AvgIpc) is 2.36. The molecule has 0 aliphatic heterocycles. The Morgan fingerprint density at radius 3 is 2.47 bits per heavy atom. The SMILES string of the molecule is CNCCC(=O)N(C)C.Cc1ccc(C=O)c(F)c1. The van der Waals surface area contributed by atoms with Crippen molar-refractivity contribution in [3.8, 4) is 0 Å². The summed E-state index contributed by atoms with van der Waals surface area (Å²) in [4.78, 5) is 22.5. The van der Waals surface area contributed by atoms with Crippen LogP contribution in [-0.4, -0.2) is 44.8 Å². The molecule has 106 valence electrons. The molecule has 0 bridgehead atoms. The molecule has 5 heteroatoms. The summed E-state index contributed by atoms with van der Waals surface area (Å²) < 4.78 is 12.6. The molecule has 0 radical (unpaired) electrons. The van der Waals surface area contributed by atoms with E-state index >= 15 is 0 Å². The van der Waals surface area contributed by atoms with E-state index in [1.54, 1.807) is 32.0 Å². The molecule has 1 N–H and O–H groups in total. The summed E-state index contributed by atoms with van der Waals surface area (Å²) in [7, 11) is 5.36. The highest BCUT2D eigenvalue weighted by atomic mass is 19.1. The summed E-state index contributed by atoms with van der Waals surface area (Å²) in [6, 6.07) is 4.51. The predicted molar refractivity (Wildman–Crippen MR) is 73.8 cm³/mol. The van der Waals surface area contributed by atoms with E-state index in [2.05, 4.69) is 5.32 Å². The summed E-state index contributed by atoms with van der Waals surface area (Å²) in [5, 5.41) is 2.91. The highest BCUT2D eigenvalue weighted by molar-refractivity contribution is 5.75. The van der Waals surface area contributed by atoms with Gasteiger partial charge >= 0.3 is 0 Å². The van der Waals surface area contributed by atoms with Crippen molar-refractivity contribution in [1.29, 1.82) is 0 Å². The Labute approximate surface area is 113 Å². The molecule has 1 aromatic carbocycles. The van der Waals surface area contributed by atoms with E-state index in [0.29, 0.717) is 12.7 Å². The Morgan fingerprint density at radius 2 is 2.05 bits per heavy atom. The second-order valence-corrected chi connectivity index (χ2v) is 4.28. The lowest BCUT2D eigenvalue weighted by atomic mass is 10.1.